The van der Waals surface area contributed by atoms with Crippen LogP contribution in [0, 0.1) is 11.8 Å². The smallest absolute Gasteiger partial charge is 0.305 e. The van der Waals surface area contributed by atoms with E-state index in [1.165, 1.54) is 13.5 Å². The summed E-state index contributed by atoms with van der Waals surface area (Å²) in [6.07, 6.45) is 6.51. The quantitative estimate of drug-likeness (QED) is 0.165. The molecule has 3 saturated heterocycles. The third-order valence-corrected chi connectivity index (χ3v) is 10.8. The molecule has 3 fully saturated rings. The van der Waals surface area contributed by atoms with Gasteiger partial charge in [-0.05, 0) is 105 Å². The molecule has 47 heavy (non-hydrogen) atoms. The summed E-state index contributed by atoms with van der Waals surface area (Å²) in [5.41, 5.74) is 3.78. The maximum Gasteiger partial charge on any atom is 0.305 e. The van der Waals surface area contributed by atoms with Gasteiger partial charge in [0.2, 0.25) is 0 Å². The lowest BCUT2D eigenvalue weighted by Gasteiger charge is -2.57. The first-order valence-corrected chi connectivity index (χ1v) is 17.5. The van der Waals surface area contributed by atoms with E-state index in [9.17, 15) is 9.59 Å². The Bertz CT molecular complexity index is 1720. The summed E-state index contributed by atoms with van der Waals surface area (Å²) in [7, 11) is 1.45. The van der Waals surface area contributed by atoms with E-state index in [0.717, 1.165) is 73.1 Å². The lowest BCUT2D eigenvalue weighted by Crippen LogP contribution is -2.65. The van der Waals surface area contributed by atoms with Gasteiger partial charge in [-0.25, -0.2) is 0 Å². The van der Waals surface area contributed by atoms with Crippen LogP contribution in [0.1, 0.15) is 66.6 Å². The molecule has 4 atom stereocenters. The molecule has 0 unspecified atom stereocenters. The molecule has 0 aliphatic carbocycles. The van der Waals surface area contributed by atoms with Gasteiger partial charge in [0, 0.05) is 42.0 Å². The number of halogens is 1. The van der Waals surface area contributed by atoms with Gasteiger partial charge in [0.15, 0.2) is 0 Å². The number of hydrogen-bond donors (Lipinski definition) is 0. The average molecular weight is 654 g/mol. The fraction of sp³-hybridized carbons (Fsp3) is 0.436. The minimum absolute atomic E-state index is 0.0676. The molecule has 7 rings (SSSR count). The van der Waals surface area contributed by atoms with Crippen molar-refractivity contribution in [3.05, 3.63) is 101 Å². The molecule has 0 radical (unpaired) electrons. The highest BCUT2D eigenvalue weighted by molar-refractivity contribution is 6.31. The van der Waals surface area contributed by atoms with Crippen molar-refractivity contribution in [2.45, 2.75) is 70.2 Å². The number of ether oxygens (including phenoxy) is 2. The summed E-state index contributed by atoms with van der Waals surface area (Å²) in [5.74, 6) is 1.56. The molecule has 0 spiro atoms. The van der Waals surface area contributed by atoms with Crippen LogP contribution in [0.3, 0.4) is 0 Å². The second kappa shape index (κ2) is 14.1. The Kier molecular flexibility index (Phi) is 9.55. The third-order valence-electron chi connectivity index (χ3n) is 10.6. The van der Waals surface area contributed by atoms with Crippen molar-refractivity contribution in [1.29, 1.82) is 0 Å². The fourth-order valence-corrected chi connectivity index (χ4v) is 8.70. The molecule has 0 N–H and O–H groups in total. The van der Waals surface area contributed by atoms with Gasteiger partial charge in [0.1, 0.15) is 18.1 Å². The van der Waals surface area contributed by atoms with Gasteiger partial charge in [-0.2, -0.15) is 0 Å². The molecule has 4 heterocycles. The molecule has 0 bridgehead atoms. The first kappa shape index (κ1) is 31.8. The predicted octanol–water partition coefficient (Wildman–Crippen LogP) is 7.58. The number of rotatable bonds is 10. The standard InChI is InChI=1S/C39H44ClN3O4/c1-46-37(44)16-6-15-34-33-14-8-20-41-19-7-12-30(38(33)41)25-43(34)39(45)36-22-29-17-18-31(40)23-35(29)42(36)24-28-11-5-13-32(21-28)47-26-27-9-3-2-4-10-27/h2-5,9-11,13,17-18,21-23,30,33-34,38H,6-8,12,14-16,19-20,24-26H2,1H3/t30-,33+,34+,38-/m0/s1. The van der Waals surface area contributed by atoms with Crippen LogP contribution in [0.5, 0.6) is 5.75 Å². The normalized spacial score (nSPS) is 22.6. The number of nitrogens with zero attached hydrogens (tertiary/aromatic N) is 3. The number of carbonyl (C=O) groups is 2. The molecule has 246 valence electrons. The zero-order valence-corrected chi connectivity index (χ0v) is 27.9. The van der Waals surface area contributed by atoms with Crippen molar-refractivity contribution in [3.8, 4) is 5.75 Å². The number of benzene rings is 3. The van der Waals surface area contributed by atoms with Crippen LogP contribution in [0.15, 0.2) is 78.9 Å². The van der Waals surface area contributed by atoms with Crippen LogP contribution >= 0.6 is 11.6 Å². The van der Waals surface area contributed by atoms with Gasteiger partial charge in [-0.1, -0.05) is 60.1 Å². The molecule has 1 amide bonds. The topological polar surface area (TPSA) is 64.0 Å². The number of fused-ring (bicyclic) bond motifs is 1. The Morgan fingerprint density at radius 2 is 1.72 bits per heavy atom. The molecule has 7 nitrogen and oxygen atoms in total. The van der Waals surface area contributed by atoms with Crippen molar-refractivity contribution in [1.82, 2.24) is 14.4 Å². The Morgan fingerprint density at radius 3 is 2.55 bits per heavy atom. The number of methoxy groups -OCH3 is 1. The molecule has 1 aromatic heterocycles. The highest BCUT2D eigenvalue weighted by Gasteiger charge is 2.49. The van der Waals surface area contributed by atoms with E-state index in [1.54, 1.807) is 0 Å². The monoisotopic (exact) mass is 653 g/mol. The Labute approximate surface area is 282 Å². The summed E-state index contributed by atoms with van der Waals surface area (Å²) in [6, 6.07) is 26.8. The van der Waals surface area contributed by atoms with Gasteiger partial charge < -0.3 is 18.9 Å². The SMILES string of the molecule is COC(=O)CCC[C@@H]1[C@H]2CCCN3CCC[C@@H](CN1C(=O)c1cc4ccc(Cl)cc4n1Cc1cccc(OCc4ccccc4)c1)[C@@H]23. The van der Waals surface area contributed by atoms with E-state index in [1.807, 2.05) is 54.6 Å². The van der Waals surface area contributed by atoms with Crippen LogP contribution in [0.2, 0.25) is 5.02 Å². The van der Waals surface area contributed by atoms with Gasteiger partial charge in [0.25, 0.3) is 5.91 Å². The number of piperidine rings is 3. The van der Waals surface area contributed by atoms with E-state index in [0.29, 0.717) is 54.6 Å². The van der Waals surface area contributed by atoms with E-state index in [2.05, 4.69) is 38.6 Å². The van der Waals surface area contributed by atoms with E-state index >= 15 is 0 Å². The maximum absolute atomic E-state index is 14.9. The molecule has 8 heteroatoms. The molecular formula is C39H44ClN3O4. The highest BCUT2D eigenvalue weighted by Crippen LogP contribution is 2.44. The predicted molar refractivity (Wildman–Crippen MR) is 185 cm³/mol. The van der Waals surface area contributed by atoms with Gasteiger partial charge in [-0.3, -0.25) is 14.5 Å². The summed E-state index contributed by atoms with van der Waals surface area (Å²) in [5, 5.41) is 1.63. The number of esters is 1. The van der Waals surface area contributed by atoms with E-state index < -0.39 is 0 Å². The summed E-state index contributed by atoms with van der Waals surface area (Å²) in [4.78, 5) is 31.9. The van der Waals surface area contributed by atoms with E-state index in [4.69, 9.17) is 21.1 Å². The van der Waals surface area contributed by atoms with Crippen LogP contribution in [-0.4, -0.2) is 65.1 Å². The molecule has 3 aliphatic heterocycles. The molecule has 3 aromatic carbocycles. The number of hydrogen-bond acceptors (Lipinski definition) is 5. The van der Waals surface area contributed by atoms with Crippen LogP contribution < -0.4 is 4.74 Å². The van der Waals surface area contributed by atoms with Gasteiger partial charge in [-0.15, -0.1) is 0 Å². The summed E-state index contributed by atoms with van der Waals surface area (Å²) in [6.45, 7) is 4.07. The van der Waals surface area contributed by atoms with Crippen molar-refractivity contribution in [2.24, 2.45) is 11.8 Å². The summed E-state index contributed by atoms with van der Waals surface area (Å²) >= 11 is 6.54. The van der Waals surface area contributed by atoms with Crippen LogP contribution in [0.4, 0.5) is 0 Å². The molecule has 0 saturated carbocycles. The van der Waals surface area contributed by atoms with Gasteiger partial charge in [0.05, 0.1) is 12.6 Å². The largest absolute Gasteiger partial charge is 0.489 e. The number of amides is 1. The maximum atomic E-state index is 14.9. The lowest BCUT2D eigenvalue weighted by molar-refractivity contribution is -0.140. The highest BCUT2D eigenvalue weighted by atomic mass is 35.5. The minimum atomic E-state index is -0.188. The summed E-state index contributed by atoms with van der Waals surface area (Å²) < 4.78 is 13.2. The van der Waals surface area contributed by atoms with Crippen molar-refractivity contribution >= 4 is 34.4 Å². The second-order valence-electron chi connectivity index (χ2n) is 13.5. The molecular weight excluding hydrogens is 610 g/mol. The zero-order valence-electron chi connectivity index (χ0n) is 27.2. The van der Waals surface area contributed by atoms with Gasteiger partial charge >= 0.3 is 5.97 Å². The van der Waals surface area contributed by atoms with Crippen LogP contribution in [0.25, 0.3) is 10.9 Å². The van der Waals surface area contributed by atoms with Crippen molar-refractivity contribution in [2.75, 3.05) is 26.7 Å². The number of likely N-dealkylation sites (tertiary alicyclic amines) is 1. The molecule has 4 aromatic rings. The molecule has 3 aliphatic rings. The number of carbonyl (C=O) groups excluding carboxylic acids is 2. The van der Waals surface area contributed by atoms with Crippen LogP contribution in [-0.2, 0) is 22.7 Å². The second-order valence-corrected chi connectivity index (χ2v) is 13.9. The fourth-order valence-electron chi connectivity index (χ4n) is 8.54. The Morgan fingerprint density at radius 1 is 0.915 bits per heavy atom. The van der Waals surface area contributed by atoms with Crippen molar-refractivity contribution < 1.29 is 19.1 Å². The Balaban J connectivity index is 1.20. The first-order chi connectivity index (χ1) is 23.0. The van der Waals surface area contributed by atoms with Crippen molar-refractivity contribution in [3.63, 3.8) is 0 Å². The first-order valence-electron chi connectivity index (χ1n) is 17.1. The average Bonchev–Trinajstić information content (AvgIpc) is 3.45. The minimum Gasteiger partial charge on any atom is -0.489 e. The third kappa shape index (κ3) is 6.79. The van der Waals surface area contributed by atoms with E-state index in [-0.39, 0.29) is 17.9 Å². The zero-order chi connectivity index (χ0) is 32.3. The lowest BCUT2D eigenvalue weighted by atomic mass is 9.69. The number of aromatic nitrogens is 1. The Hall–Kier alpha value is -3.81.